The molecule has 1 aromatic carbocycles. The Hall–Kier alpha value is -3.63. The number of hydrogen-bond donors (Lipinski definition) is 1. The van der Waals surface area contributed by atoms with Crippen LogP contribution in [0.15, 0.2) is 60.9 Å². The summed E-state index contributed by atoms with van der Waals surface area (Å²) in [5.74, 6) is 1.30. The Morgan fingerprint density at radius 2 is 1.79 bits per heavy atom. The van der Waals surface area contributed by atoms with Crippen molar-refractivity contribution in [3.05, 3.63) is 72.3 Å². The van der Waals surface area contributed by atoms with E-state index in [9.17, 15) is 13.2 Å². The normalized spacial score (nSPS) is 14.9. The first-order chi connectivity index (χ1) is 16.4. The molecule has 4 aromatic rings. The van der Waals surface area contributed by atoms with Crippen LogP contribution >= 0.6 is 0 Å². The number of benzene rings is 1. The number of alkyl halides is 3. The Kier molecular flexibility index (Phi) is 6.08. The van der Waals surface area contributed by atoms with E-state index in [0.29, 0.717) is 37.1 Å². The zero-order valence-electron chi connectivity index (χ0n) is 18.1. The standard InChI is InChI=1S/C24H21F3N6O/c25-24(26,27)18-5-6-21(29-14-18)31-22-13-20(17-4-3-16-2-1-7-28-19(16)12-17)30-23(32-22)15-33-8-10-34-11-9-33/h1-7,12-14H,8-11,15H2,(H,29,30,31,32). The van der Waals surface area contributed by atoms with Gasteiger partial charge in [0.1, 0.15) is 17.5 Å². The average Bonchev–Trinajstić information content (AvgIpc) is 2.84. The Morgan fingerprint density at radius 3 is 2.56 bits per heavy atom. The number of nitrogens with zero attached hydrogens (tertiary/aromatic N) is 5. The molecule has 10 heteroatoms. The fourth-order valence-electron chi connectivity index (χ4n) is 3.73. The number of fused-ring (bicyclic) bond motifs is 1. The van der Waals surface area contributed by atoms with Crippen LogP contribution in [-0.4, -0.2) is 51.1 Å². The van der Waals surface area contributed by atoms with E-state index in [0.717, 1.165) is 41.8 Å². The van der Waals surface area contributed by atoms with E-state index in [-0.39, 0.29) is 5.82 Å². The minimum atomic E-state index is -4.44. The van der Waals surface area contributed by atoms with E-state index >= 15 is 0 Å². The minimum absolute atomic E-state index is 0.259. The number of pyridine rings is 2. The van der Waals surface area contributed by atoms with E-state index in [1.165, 1.54) is 6.07 Å². The fraction of sp³-hybridized carbons (Fsp3) is 0.250. The van der Waals surface area contributed by atoms with Gasteiger partial charge in [0.2, 0.25) is 0 Å². The summed E-state index contributed by atoms with van der Waals surface area (Å²) in [5, 5.41) is 4.03. The van der Waals surface area contributed by atoms with E-state index in [1.54, 1.807) is 12.3 Å². The SMILES string of the molecule is FC(F)(F)c1ccc(Nc2cc(-c3ccc4cccnc4c3)nc(CN3CCOCC3)n2)nc1. The second-order valence-corrected chi connectivity index (χ2v) is 7.91. The fourth-order valence-corrected chi connectivity index (χ4v) is 3.73. The Balaban J connectivity index is 1.48. The summed E-state index contributed by atoms with van der Waals surface area (Å²) >= 11 is 0. The predicted molar refractivity (Wildman–Crippen MR) is 121 cm³/mol. The lowest BCUT2D eigenvalue weighted by Crippen LogP contribution is -2.36. The number of rotatable bonds is 5. The van der Waals surface area contributed by atoms with Crippen molar-refractivity contribution < 1.29 is 17.9 Å². The van der Waals surface area contributed by atoms with Crippen LogP contribution in [0.25, 0.3) is 22.2 Å². The third-order valence-corrected chi connectivity index (χ3v) is 5.49. The lowest BCUT2D eigenvalue weighted by Gasteiger charge is -2.26. The third-order valence-electron chi connectivity index (χ3n) is 5.49. The Labute approximate surface area is 193 Å². The molecule has 1 N–H and O–H groups in total. The van der Waals surface area contributed by atoms with Crippen molar-refractivity contribution in [2.45, 2.75) is 12.7 Å². The average molecular weight is 466 g/mol. The Morgan fingerprint density at radius 1 is 0.941 bits per heavy atom. The smallest absolute Gasteiger partial charge is 0.379 e. The summed E-state index contributed by atoms with van der Waals surface area (Å²) in [5.41, 5.74) is 1.57. The van der Waals surface area contributed by atoms with Gasteiger partial charge in [0.15, 0.2) is 0 Å². The molecule has 5 rings (SSSR count). The summed E-state index contributed by atoms with van der Waals surface area (Å²) in [4.78, 5) is 19.9. The van der Waals surface area contributed by atoms with Gasteiger partial charge in [-0.2, -0.15) is 13.2 Å². The molecule has 4 heterocycles. The van der Waals surface area contributed by atoms with Gasteiger partial charge in [0.05, 0.1) is 36.5 Å². The van der Waals surface area contributed by atoms with E-state index in [4.69, 9.17) is 9.72 Å². The van der Waals surface area contributed by atoms with Gasteiger partial charge in [-0.25, -0.2) is 15.0 Å². The molecule has 0 amide bonds. The maximum absolute atomic E-state index is 12.9. The van der Waals surface area contributed by atoms with Gasteiger partial charge in [-0.3, -0.25) is 9.88 Å². The number of halogens is 3. The molecular formula is C24H21F3N6O. The lowest BCUT2D eigenvalue weighted by molar-refractivity contribution is -0.137. The highest BCUT2D eigenvalue weighted by atomic mass is 19.4. The summed E-state index contributed by atoms with van der Waals surface area (Å²) in [6.07, 6.45) is -1.91. The third kappa shape index (κ3) is 5.13. The highest BCUT2D eigenvalue weighted by Crippen LogP contribution is 2.30. The van der Waals surface area contributed by atoms with Crippen molar-refractivity contribution in [3.63, 3.8) is 0 Å². The highest BCUT2D eigenvalue weighted by molar-refractivity contribution is 5.83. The number of nitrogens with one attached hydrogen (secondary N) is 1. The van der Waals surface area contributed by atoms with Crippen LogP contribution in [0, 0.1) is 0 Å². The van der Waals surface area contributed by atoms with Crippen LogP contribution in [0.1, 0.15) is 11.4 Å². The van der Waals surface area contributed by atoms with Gasteiger partial charge in [0.25, 0.3) is 0 Å². The molecule has 0 bridgehead atoms. The predicted octanol–water partition coefficient (Wildman–Crippen LogP) is 4.68. The molecule has 0 radical (unpaired) electrons. The molecule has 0 unspecified atom stereocenters. The van der Waals surface area contributed by atoms with Crippen LogP contribution in [-0.2, 0) is 17.5 Å². The van der Waals surface area contributed by atoms with E-state index in [1.807, 2.05) is 30.3 Å². The van der Waals surface area contributed by atoms with Crippen molar-refractivity contribution >= 4 is 22.5 Å². The first-order valence-corrected chi connectivity index (χ1v) is 10.8. The first-order valence-electron chi connectivity index (χ1n) is 10.8. The van der Waals surface area contributed by atoms with Gasteiger partial charge in [0, 0.05) is 42.5 Å². The number of aromatic nitrogens is 4. The zero-order chi connectivity index (χ0) is 23.5. The van der Waals surface area contributed by atoms with Gasteiger partial charge >= 0.3 is 6.18 Å². The first kappa shape index (κ1) is 22.2. The zero-order valence-corrected chi connectivity index (χ0v) is 18.1. The molecular weight excluding hydrogens is 445 g/mol. The van der Waals surface area contributed by atoms with Crippen molar-refractivity contribution in [3.8, 4) is 11.3 Å². The van der Waals surface area contributed by atoms with Crippen LogP contribution in [0.4, 0.5) is 24.8 Å². The van der Waals surface area contributed by atoms with Crippen molar-refractivity contribution in [1.29, 1.82) is 0 Å². The summed E-state index contributed by atoms with van der Waals surface area (Å²) < 4.78 is 44.0. The lowest BCUT2D eigenvalue weighted by atomic mass is 10.1. The van der Waals surface area contributed by atoms with Gasteiger partial charge in [-0.05, 0) is 24.3 Å². The number of hydrogen-bond acceptors (Lipinski definition) is 7. The molecule has 1 saturated heterocycles. The maximum atomic E-state index is 12.9. The summed E-state index contributed by atoms with van der Waals surface area (Å²) in [6.45, 7) is 3.37. The van der Waals surface area contributed by atoms with Crippen molar-refractivity contribution in [2.24, 2.45) is 0 Å². The highest BCUT2D eigenvalue weighted by Gasteiger charge is 2.30. The molecule has 0 saturated carbocycles. The number of ether oxygens (including phenoxy) is 1. The van der Waals surface area contributed by atoms with Crippen LogP contribution < -0.4 is 5.32 Å². The van der Waals surface area contributed by atoms with Crippen molar-refractivity contribution in [2.75, 3.05) is 31.6 Å². The van der Waals surface area contributed by atoms with Crippen LogP contribution in [0.2, 0.25) is 0 Å². The quantitative estimate of drug-likeness (QED) is 0.458. The minimum Gasteiger partial charge on any atom is -0.379 e. The van der Waals surface area contributed by atoms with Gasteiger partial charge in [-0.1, -0.05) is 18.2 Å². The maximum Gasteiger partial charge on any atom is 0.417 e. The molecule has 1 aliphatic rings. The molecule has 0 spiro atoms. The second kappa shape index (κ2) is 9.32. The van der Waals surface area contributed by atoms with Crippen molar-refractivity contribution in [1.82, 2.24) is 24.8 Å². The van der Waals surface area contributed by atoms with Gasteiger partial charge < -0.3 is 10.1 Å². The van der Waals surface area contributed by atoms with Crippen LogP contribution in [0.3, 0.4) is 0 Å². The summed E-state index contributed by atoms with van der Waals surface area (Å²) in [7, 11) is 0. The largest absolute Gasteiger partial charge is 0.417 e. The van der Waals surface area contributed by atoms with E-state index in [2.05, 4.69) is 25.2 Å². The summed E-state index contributed by atoms with van der Waals surface area (Å²) in [6, 6.07) is 13.8. The molecule has 174 valence electrons. The molecule has 7 nitrogen and oxygen atoms in total. The molecule has 1 aliphatic heterocycles. The second-order valence-electron chi connectivity index (χ2n) is 7.91. The molecule has 0 atom stereocenters. The van der Waals surface area contributed by atoms with Crippen LogP contribution in [0.5, 0.6) is 0 Å². The number of anilines is 2. The molecule has 0 aliphatic carbocycles. The molecule has 1 fully saturated rings. The Bertz CT molecular complexity index is 1290. The molecule has 3 aromatic heterocycles. The topological polar surface area (TPSA) is 76.1 Å². The monoisotopic (exact) mass is 466 g/mol. The number of morpholine rings is 1. The van der Waals surface area contributed by atoms with E-state index < -0.39 is 11.7 Å². The van der Waals surface area contributed by atoms with Gasteiger partial charge in [-0.15, -0.1) is 0 Å². The molecule has 34 heavy (non-hydrogen) atoms.